The number of benzene rings is 4. The first-order valence-electron chi connectivity index (χ1n) is 18.4. The second kappa shape index (κ2) is 13.5. The van der Waals surface area contributed by atoms with Crippen LogP contribution < -0.4 is 9.47 Å². The SMILES string of the molecule is CC(C)(C)c1ccc([S+](c2ccc(Oc3ccc(OCC(=O)OC4(C)C5CC6CC(C5)CC4C6)cc3)cc2)c2ccc(C(C)(C)C)cc2)cc1. The Bertz CT molecular complexity index is 1690. The lowest BCUT2D eigenvalue weighted by Gasteiger charge is -2.59. The van der Waals surface area contributed by atoms with Gasteiger partial charge >= 0.3 is 5.97 Å². The molecule has 0 radical (unpaired) electrons. The summed E-state index contributed by atoms with van der Waals surface area (Å²) < 4.78 is 18.3. The maximum absolute atomic E-state index is 12.9. The molecule has 4 aliphatic carbocycles. The molecule has 4 aromatic carbocycles. The van der Waals surface area contributed by atoms with Crippen LogP contribution in [0.2, 0.25) is 0 Å². The zero-order valence-corrected chi connectivity index (χ0v) is 31.6. The maximum Gasteiger partial charge on any atom is 0.344 e. The smallest absolute Gasteiger partial charge is 0.344 e. The van der Waals surface area contributed by atoms with Gasteiger partial charge < -0.3 is 14.2 Å². The van der Waals surface area contributed by atoms with Crippen molar-refractivity contribution in [3.05, 3.63) is 108 Å². The quantitative estimate of drug-likeness (QED) is 0.130. The lowest BCUT2D eigenvalue weighted by atomic mass is 9.50. The van der Waals surface area contributed by atoms with Crippen LogP contribution in [0.3, 0.4) is 0 Å². The van der Waals surface area contributed by atoms with Gasteiger partial charge in [-0.25, -0.2) is 4.79 Å². The van der Waals surface area contributed by atoms with Crippen LogP contribution in [0.25, 0.3) is 0 Å². The summed E-state index contributed by atoms with van der Waals surface area (Å²) in [6.45, 7) is 15.6. The van der Waals surface area contributed by atoms with Gasteiger partial charge in [-0.15, -0.1) is 0 Å². The molecule has 0 spiro atoms. The van der Waals surface area contributed by atoms with Crippen LogP contribution in [0, 0.1) is 23.7 Å². The average molecular weight is 690 g/mol. The summed E-state index contributed by atoms with van der Waals surface area (Å²) in [6.07, 6.45) is 6.21. The van der Waals surface area contributed by atoms with E-state index in [4.69, 9.17) is 14.2 Å². The second-order valence-corrected chi connectivity index (χ2v) is 19.2. The van der Waals surface area contributed by atoms with Crippen molar-refractivity contribution < 1.29 is 19.0 Å². The van der Waals surface area contributed by atoms with Gasteiger partial charge in [0.05, 0.1) is 10.9 Å². The summed E-state index contributed by atoms with van der Waals surface area (Å²) in [5.41, 5.74) is 2.54. The molecule has 0 heterocycles. The third-order valence-electron chi connectivity index (χ3n) is 11.5. The van der Waals surface area contributed by atoms with E-state index in [1.165, 1.54) is 57.9 Å². The molecule has 50 heavy (non-hydrogen) atoms. The van der Waals surface area contributed by atoms with Gasteiger partial charge in [0, 0.05) is 0 Å². The fraction of sp³-hybridized carbons (Fsp3) is 0.444. The van der Waals surface area contributed by atoms with Crippen molar-refractivity contribution in [3.63, 3.8) is 0 Å². The molecule has 0 N–H and O–H groups in total. The third kappa shape index (κ3) is 7.35. The van der Waals surface area contributed by atoms with E-state index in [-0.39, 0.29) is 39.9 Å². The minimum atomic E-state index is -0.338. The molecule has 5 heteroatoms. The molecule has 8 rings (SSSR count). The average Bonchev–Trinajstić information content (AvgIpc) is 3.07. The van der Waals surface area contributed by atoms with E-state index in [1.54, 1.807) is 0 Å². The van der Waals surface area contributed by atoms with Crippen LogP contribution in [-0.2, 0) is 31.3 Å². The monoisotopic (exact) mass is 689 g/mol. The Balaban J connectivity index is 0.998. The highest BCUT2D eigenvalue weighted by molar-refractivity contribution is 7.97. The molecular weight excluding hydrogens is 637 g/mol. The number of rotatable bonds is 9. The van der Waals surface area contributed by atoms with Gasteiger partial charge in [0.15, 0.2) is 21.3 Å². The number of hydrogen-bond acceptors (Lipinski definition) is 4. The Morgan fingerprint density at radius 3 is 1.40 bits per heavy atom. The maximum atomic E-state index is 12.9. The fourth-order valence-corrected chi connectivity index (χ4v) is 10.7. The number of ether oxygens (including phenoxy) is 3. The lowest BCUT2D eigenvalue weighted by Crippen LogP contribution is -2.58. The van der Waals surface area contributed by atoms with E-state index >= 15 is 0 Å². The van der Waals surface area contributed by atoms with Crippen LogP contribution in [0.1, 0.15) is 91.7 Å². The summed E-state index contributed by atoms with van der Waals surface area (Å²) in [4.78, 5) is 16.7. The van der Waals surface area contributed by atoms with E-state index in [0.717, 1.165) is 17.6 Å². The van der Waals surface area contributed by atoms with Crippen LogP contribution in [0.15, 0.2) is 112 Å². The Morgan fingerprint density at radius 1 is 0.600 bits per heavy atom. The zero-order chi connectivity index (χ0) is 35.3. The van der Waals surface area contributed by atoms with E-state index in [0.29, 0.717) is 23.3 Å². The molecule has 0 aliphatic heterocycles. The minimum absolute atomic E-state index is 0.0800. The topological polar surface area (TPSA) is 44.8 Å². The first-order chi connectivity index (χ1) is 23.7. The molecular formula is C45H53O4S+. The van der Waals surface area contributed by atoms with E-state index in [9.17, 15) is 4.79 Å². The normalized spacial score (nSPS) is 24.3. The van der Waals surface area contributed by atoms with E-state index < -0.39 is 0 Å². The number of carbonyl (C=O) groups is 1. The predicted octanol–water partition coefficient (Wildman–Crippen LogP) is 11.3. The number of hydrogen-bond donors (Lipinski definition) is 0. The lowest BCUT2D eigenvalue weighted by molar-refractivity contribution is -0.204. The highest BCUT2D eigenvalue weighted by Gasteiger charge is 2.57. The molecule has 0 aromatic heterocycles. The van der Waals surface area contributed by atoms with Gasteiger partial charge in [0.2, 0.25) is 0 Å². The molecule has 4 aromatic rings. The first kappa shape index (κ1) is 34.7. The van der Waals surface area contributed by atoms with Crippen molar-refractivity contribution in [3.8, 4) is 17.2 Å². The summed E-state index contributed by atoms with van der Waals surface area (Å²) in [6, 6.07) is 34.2. The van der Waals surface area contributed by atoms with Gasteiger partial charge in [0.1, 0.15) is 22.8 Å². The van der Waals surface area contributed by atoms with Crippen molar-refractivity contribution in [1.29, 1.82) is 0 Å². The van der Waals surface area contributed by atoms with Crippen molar-refractivity contribution in [2.45, 2.75) is 112 Å². The van der Waals surface area contributed by atoms with E-state index in [1.807, 2.05) is 36.4 Å². The highest BCUT2D eigenvalue weighted by Crippen LogP contribution is 2.59. The third-order valence-corrected chi connectivity index (χ3v) is 13.7. The highest BCUT2D eigenvalue weighted by atomic mass is 32.2. The van der Waals surface area contributed by atoms with Crippen LogP contribution >= 0.6 is 0 Å². The Kier molecular flexibility index (Phi) is 9.34. The molecule has 0 unspecified atom stereocenters. The largest absolute Gasteiger partial charge is 0.482 e. The molecule has 4 bridgehead atoms. The molecule has 0 atom stereocenters. The van der Waals surface area contributed by atoms with Crippen molar-refractivity contribution >= 4 is 16.9 Å². The van der Waals surface area contributed by atoms with Gasteiger partial charge in [-0.05, 0) is 157 Å². The molecule has 4 nitrogen and oxygen atoms in total. The van der Waals surface area contributed by atoms with Crippen LogP contribution in [0.5, 0.6) is 17.2 Å². The number of carbonyl (C=O) groups excluding carboxylic acids is 1. The van der Waals surface area contributed by atoms with Gasteiger partial charge in [0.25, 0.3) is 0 Å². The Hall–Kier alpha value is -3.70. The Morgan fingerprint density at radius 2 is 0.980 bits per heavy atom. The molecule has 0 amide bonds. The van der Waals surface area contributed by atoms with Crippen LogP contribution in [-0.4, -0.2) is 18.2 Å². The fourth-order valence-electron chi connectivity index (χ4n) is 8.68. The first-order valence-corrected chi connectivity index (χ1v) is 19.6. The predicted molar refractivity (Wildman–Crippen MR) is 202 cm³/mol. The molecule has 4 saturated carbocycles. The van der Waals surface area contributed by atoms with Crippen molar-refractivity contribution in [2.75, 3.05) is 6.61 Å². The molecule has 0 saturated heterocycles. The van der Waals surface area contributed by atoms with E-state index in [2.05, 4.69) is 109 Å². The second-order valence-electron chi connectivity index (χ2n) is 17.2. The van der Waals surface area contributed by atoms with Crippen molar-refractivity contribution in [2.24, 2.45) is 23.7 Å². The Labute approximate surface area is 302 Å². The van der Waals surface area contributed by atoms with Crippen molar-refractivity contribution in [1.82, 2.24) is 0 Å². The molecule has 4 fully saturated rings. The molecule has 4 aliphatic rings. The van der Waals surface area contributed by atoms with Gasteiger partial charge in [-0.2, -0.15) is 0 Å². The van der Waals surface area contributed by atoms with Crippen LogP contribution in [0.4, 0.5) is 0 Å². The minimum Gasteiger partial charge on any atom is -0.482 e. The summed E-state index contributed by atoms with van der Waals surface area (Å²) in [5, 5.41) is 0. The summed E-state index contributed by atoms with van der Waals surface area (Å²) in [7, 11) is -0.266. The molecule has 262 valence electrons. The van der Waals surface area contributed by atoms with Gasteiger partial charge in [-0.3, -0.25) is 0 Å². The standard InChI is InChI=1S/C45H53O4S/c1-43(2,3)32-8-18-39(19-9-32)50(40-20-10-33(11-21-40)44(4,5)6)41-22-16-38(17-23-41)48-37-14-12-36(13-15-37)47-29-42(46)49-45(7)34-25-30-24-31(27-34)28-35(45)26-30/h8-23,30-31,34-35H,24-29H2,1-7H3/q+1. The van der Waals surface area contributed by atoms with Gasteiger partial charge in [-0.1, -0.05) is 65.8 Å². The summed E-state index contributed by atoms with van der Waals surface area (Å²) >= 11 is 0. The summed E-state index contributed by atoms with van der Waals surface area (Å²) in [5.74, 6) is 4.51. The number of esters is 1. The zero-order valence-electron chi connectivity index (χ0n) is 30.8.